The number of rotatable bonds is 6. The Morgan fingerprint density at radius 1 is 1.50 bits per heavy atom. The summed E-state index contributed by atoms with van der Waals surface area (Å²) < 4.78 is 23.6. The zero-order valence-corrected chi connectivity index (χ0v) is 11.8. The zero-order chi connectivity index (χ0) is 13.9. The molecule has 0 aliphatic carbocycles. The van der Waals surface area contributed by atoms with Gasteiger partial charge in [0.25, 0.3) is 10.0 Å². The van der Waals surface area contributed by atoms with E-state index in [1.807, 2.05) is 0 Å². The lowest BCUT2D eigenvalue weighted by molar-refractivity contribution is -0.383. The Hall–Kier alpha value is -1.23. The quantitative estimate of drug-likeness (QED) is 0.595. The average molecular weight is 294 g/mol. The van der Waals surface area contributed by atoms with E-state index < -0.39 is 14.9 Å². The molecule has 0 unspecified atom stereocenters. The number of hydrogen-bond acceptors (Lipinski definition) is 7. The van der Waals surface area contributed by atoms with E-state index in [1.165, 1.54) is 19.1 Å². The third-order valence-electron chi connectivity index (χ3n) is 1.79. The zero-order valence-electron chi connectivity index (χ0n) is 10.1. The highest BCUT2D eigenvalue weighted by Crippen LogP contribution is 2.36. The molecule has 1 rings (SSSR count). The lowest BCUT2D eigenvalue weighted by Gasteiger charge is -2.10. The van der Waals surface area contributed by atoms with Crippen molar-refractivity contribution < 1.29 is 13.3 Å². The molecule has 0 atom stereocenters. The van der Waals surface area contributed by atoms with E-state index in [-0.39, 0.29) is 14.9 Å². The largest absolute Gasteiger partial charge is 0.372 e. The van der Waals surface area contributed by atoms with E-state index in [4.69, 9.17) is 0 Å². The summed E-state index contributed by atoms with van der Waals surface area (Å²) in [6.45, 7) is 2.25. The highest BCUT2D eigenvalue weighted by atomic mass is 32.2. The maximum Gasteiger partial charge on any atom is 0.304 e. The van der Waals surface area contributed by atoms with Crippen molar-refractivity contribution in [2.24, 2.45) is 0 Å². The van der Waals surface area contributed by atoms with Crippen LogP contribution in [-0.2, 0) is 10.0 Å². The standard InChI is InChI=1S/C8H14N4O4S2/c1-4-9-8-6(12(13)14)5-7(17-8)18(15,16)10-11(2)3/h5,9-10H,4H2,1-3H3. The van der Waals surface area contributed by atoms with Gasteiger partial charge in [0.05, 0.1) is 4.92 Å². The summed E-state index contributed by atoms with van der Waals surface area (Å²) >= 11 is 0.831. The molecule has 1 aromatic heterocycles. The van der Waals surface area contributed by atoms with Crippen LogP contribution in [0, 0.1) is 10.1 Å². The highest BCUT2D eigenvalue weighted by Gasteiger charge is 2.26. The third kappa shape index (κ3) is 3.38. The third-order valence-corrected chi connectivity index (χ3v) is 4.83. The number of nitrogens with one attached hydrogen (secondary N) is 2. The van der Waals surface area contributed by atoms with Crippen LogP contribution < -0.4 is 10.1 Å². The average Bonchev–Trinajstić information content (AvgIpc) is 2.61. The van der Waals surface area contributed by atoms with Crippen molar-refractivity contribution in [3.8, 4) is 0 Å². The Labute approximate surface area is 109 Å². The highest BCUT2D eigenvalue weighted by molar-refractivity contribution is 7.91. The molecule has 0 amide bonds. The fraction of sp³-hybridized carbons (Fsp3) is 0.500. The second kappa shape index (κ2) is 5.61. The fourth-order valence-electron chi connectivity index (χ4n) is 1.20. The van der Waals surface area contributed by atoms with E-state index in [9.17, 15) is 18.5 Å². The normalized spacial score (nSPS) is 11.8. The Kier molecular flexibility index (Phi) is 4.62. The van der Waals surface area contributed by atoms with E-state index >= 15 is 0 Å². The Morgan fingerprint density at radius 2 is 2.11 bits per heavy atom. The summed E-state index contributed by atoms with van der Waals surface area (Å²) in [5.74, 6) is 0. The summed E-state index contributed by atoms with van der Waals surface area (Å²) in [5.41, 5.74) is -0.235. The molecule has 0 fully saturated rings. The number of anilines is 1. The minimum absolute atomic E-state index is 0.0983. The first-order valence-corrected chi connectivity index (χ1v) is 7.29. The molecule has 102 valence electrons. The van der Waals surface area contributed by atoms with E-state index in [0.717, 1.165) is 17.4 Å². The first-order valence-electron chi connectivity index (χ1n) is 4.99. The minimum Gasteiger partial charge on any atom is -0.372 e. The van der Waals surface area contributed by atoms with Crippen LogP contribution in [0.2, 0.25) is 0 Å². The summed E-state index contributed by atoms with van der Waals surface area (Å²) in [5, 5.41) is 15.1. The topological polar surface area (TPSA) is 105 Å². The van der Waals surface area contributed by atoms with Gasteiger partial charge in [-0.1, -0.05) is 11.3 Å². The fourth-order valence-corrected chi connectivity index (χ4v) is 3.66. The predicted octanol–water partition coefficient (Wildman–Crippen LogP) is 0.843. The van der Waals surface area contributed by atoms with Crippen LogP contribution in [0.25, 0.3) is 0 Å². The van der Waals surface area contributed by atoms with Gasteiger partial charge < -0.3 is 5.32 Å². The summed E-state index contributed by atoms with van der Waals surface area (Å²) in [4.78, 5) is 12.4. The van der Waals surface area contributed by atoms with E-state index in [2.05, 4.69) is 10.1 Å². The number of nitrogens with zero attached hydrogens (tertiary/aromatic N) is 2. The molecule has 2 N–H and O–H groups in total. The molecule has 1 heterocycles. The second-order valence-corrected chi connectivity index (χ2v) is 6.50. The van der Waals surface area contributed by atoms with Gasteiger partial charge in [0.15, 0.2) is 5.00 Å². The van der Waals surface area contributed by atoms with Gasteiger partial charge in [-0.05, 0) is 6.92 Å². The maximum atomic E-state index is 11.8. The molecule has 0 bridgehead atoms. The number of thiophene rings is 1. The lowest BCUT2D eigenvalue weighted by atomic mass is 10.5. The number of sulfonamides is 1. The van der Waals surface area contributed by atoms with Gasteiger partial charge in [0.2, 0.25) is 0 Å². The van der Waals surface area contributed by atoms with Crippen molar-refractivity contribution in [2.45, 2.75) is 11.1 Å². The molecule has 0 saturated carbocycles. The molecule has 0 aliphatic rings. The van der Waals surface area contributed by atoms with Crippen LogP contribution in [0.1, 0.15) is 6.92 Å². The Bertz CT molecular complexity index is 537. The van der Waals surface area contributed by atoms with Gasteiger partial charge in [0, 0.05) is 26.7 Å². The molecule has 0 saturated heterocycles. The molecule has 10 heteroatoms. The summed E-state index contributed by atoms with van der Waals surface area (Å²) in [7, 11) is -0.726. The van der Waals surface area contributed by atoms with Crippen LogP contribution in [0.4, 0.5) is 10.7 Å². The molecule has 0 aliphatic heterocycles. The van der Waals surface area contributed by atoms with Crippen molar-refractivity contribution in [3.63, 3.8) is 0 Å². The predicted molar refractivity (Wildman–Crippen MR) is 69.1 cm³/mol. The van der Waals surface area contributed by atoms with Gasteiger partial charge in [-0.15, -0.1) is 4.83 Å². The van der Waals surface area contributed by atoms with Gasteiger partial charge in [-0.2, -0.15) is 0 Å². The first kappa shape index (κ1) is 14.8. The van der Waals surface area contributed by atoms with E-state index in [1.54, 1.807) is 6.92 Å². The Morgan fingerprint density at radius 3 is 2.56 bits per heavy atom. The van der Waals surface area contributed by atoms with Crippen LogP contribution >= 0.6 is 11.3 Å². The van der Waals surface area contributed by atoms with Crippen molar-refractivity contribution >= 4 is 32.0 Å². The van der Waals surface area contributed by atoms with Crippen LogP contribution in [0.15, 0.2) is 10.3 Å². The molecule has 0 spiro atoms. The molecular weight excluding hydrogens is 280 g/mol. The van der Waals surface area contributed by atoms with Gasteiger partial charge in [-0.25, -0.2) is 13.4 Å². The molecular formula is C8H14N4O4S2. The van der Waals surface area contributed by atoms with E-state index in [0.29, 0.717) is 6.54 Å². The molecule has 0 aromatic carbocycles. The minimum atomic E-state index is -3.76. The van der Waals surface area contributed by atoms with Crippen molar-refractivity contribution in [1.82, 2.24) is 9.84 Å². The summed E-state index contributed by atoms with van der Waals surface area (Å²) in [6.07, 6.45) is 0. The number of hydrazine groups is 1. The number of hydrogen-bond donors (Lipinski definition) is 2. The van der Waals surface area contributed by atoms with Gasteiger partial charge in [-0.3, -0.25) is 10.1 Å². The van der Waals surface area contributed by atoms with Crippen molar-refractivity contribution in [3.05, 3.63) is 16.2 Å². The van der Waals surface area contributed by atoms with Gasteiger partial charge in [0.1, 0.15) is 4.21 Å². The molecule has 18 heavy (non-hydrogen) atoms. The first-order chi connectivity index (χ1) is 8.27. The molecule has 8 nitrogen and oxygen atoms in total. The van der Waals surface area contributed by atoms with Crippen molar-refractivity contribution in [1.29, 1.82) is 0 Å². The number of nitro groups is 1. The van der Waals surface area contributed by atoms with Crippen LogP contribution in [-0.4, -0.2) is 39.0 Å². The van der Waals surface area contributed by atoms with Crippen LogP contribution in [0.3, 0.4) is 0 Å². The second-order valence-electron chi connectivity index (χ2n) is 3.56. The lowest BCUT2D eigenvalue weighted by Crippen LogP contribution is -2.35. The van der Waals surface area contributed by atoms with Crippen LogP contribution in [0.5, 0.6) is 0 Å². The Balaban J connectivity index is 3.19. The smallest absolute Gasteiger partial charge is 0.304 e. The SMILES string of the molecule is CCNc1sc(S(=O)(=O)NN(C)C)cc1[N+](=O)[O-]. The summed E-state index contributed by atoms with van der Waals surface area (Å²) in [6, 6.07) is 1.05. The van der Waals surface area contributed by atoms with Gasteiger partial charge >= 0.3 is 5.69 Å². The van der Waals surface area contributed by atoms with Crippen molar-refractivity contribution in [2.75, 3.05) is 26.0 Å². The molecule has 1 aromatic rings. The monoisotopic (exact) mass is 294 g/mol. The maximum absolute atomic E-state index is 11.8. The molecule has 0 radical (unpaired) electrons.